The van der Waals surface area contributed by atoms with Crippen LogP contribution in [0.3, 0.4) is 0 Å². The Hall–Kier alpha value is -0.900. The van der Waals surface area contributed by atoms with Crippen molar-refractivity contribution in [3.8, 4) is 0 Å². The Morgan fingerprint density at radius 2 is 1.86 bits per heavy atom. The van der Waals surface area contributed by atoms with Crippen LogP contribution >= 0.6 is 24.0 Å². The SMILES string of the molecule is CN=C(NCCCS(C)(=O)=O)NCc1ccc(F)cc1.I. The van der Waals surface area contributed by atoms with Gasteiger partial charge in [0.15, 0.2) is 5.96 Å². The molecule has 0 bridgehead atoms. The summed E-state index contributed by atoms with van der Waals surface area (Å²) in [6.45, 7) is 1.04. The number of guanidine groups is 1. The Labute approximate surface area is 142 Å². The summed E-state index contributed by atoms with van der Waals surface area (Å²) in [7, 11) is -1.29. The first-order chi connectivity index (χ1) is 9.40. The Balaban J connectivity index is 0.00000400. The third-order valence-electron chi connectivity index (χ3n) is 2.58. The fourth-order valence-electron chi connectivity index (χ4n) is 1.55. The molecule has 0 aliphatic carbocycles. The van der Waals surface area contributed by atoms with Crippen LogP contribution in [0.2, 0.25) is 0 Å². The number of hydrogen-bond acceptors (Lipinski definition) is 3. The van der Waals surface area contributed by atoms with Crippen LogP contribution < -0.4 is 10.6 Å². The predicted octanol–water partition coefficient (Wildman–Crippen LogP) is 1.54. The van der Waals surface area contributed by atoms with E-state index in [-0.39, 0.29) is 35.5 Å². The van der Waals surface area contributed by atoms with E-state index in [1.807, 2.05) is 0 Å². The number of sulfone groups is 1. The summed E-state index contributed by atoms with van der Waals surface area (Å²) < 4.78 is 34.7. The van der Waals surface area contributed by atoms with E-state index in [1.54, 1.807) is 19.2 Å². The topological polar surface area (TPSA) is 70.6 Å². The molecule has 0 aliphatic rings. The van der Waals surface area contributed by atoms with Gasteiger partial charge in [-0.3, -0.25) is 4.99 Å². The zero-order chi connectivity index (χ0) is 15.0. The zero-order valence-electron chi connectivity index (χ0n) is 12.1. The van der Waals surface area contributed by atoms with Crippen molar-refractivity contribution < 1.29 is 12.8 Å². The van der Waals surface area contributed by atoms with Gasteiger partial charge in [0.05, 0.1) is 5.75 Å². The van der Waals surface area contributed by atoms with Crippen molar-refractivity contribution in [3.05, 3.63) is 35.6 Å². The van der Waals surface area contributed by atoms with Gasteiger partial charge < -0.3 is 10.6 Å². The lowest BCUT2D eigenvalue weighted by Crippen LogP contribution is -2.37. The molecule has 5 nitrogen and oxygen atoms in total. The van der Waals surface area contributed by atoms with Crippen molar-refractivity contribution in [1.82, 2.24) is 10.6 Å². The zero-order valence-corrected chi connectivity index (χ0v) is 15.2. The van der Waals surface area contributed by atoms with Gasteiger partial charge in [-0.25, -0.2) is 12.8 Å². The molecule has 0 aromatic heterocycles. The second-order valence-corrected chi connectivity index (χ2v) is 6.72. The van der Waals surface area contributed by atoms with Crippen molar-refractivity contribution in [3.63, 3.8) is 0 Å². The summed E-state index contributed by atoms with van der Waals surface area (Å²) in [5, 5.41) is 6.09. The summed E-state index contributed by atoms with van der Waals surface area (Å²) in [5.41, 5.74) is 0.936. The van der Waals surface area contributed by atoms with Crippen molar-refractivity contribution in [1.29, 1.82) is 0 Å². The van der Waals surface area contributed by atoms with Gasteiger partial charge >= 0.3 is 0 Å². The molecular formula is C13H21FIN3O2S. The number of benzene rings is 1. The van der Waals surface area contributed by atoms with Crippen LogP contribution in [0.15, 0.2) is 29.3 Å². The number of aliphatic imine (C=N–C) groups is 1. The maximum Gasteiger partial charge on any atom is 0.191 e. The van der Waals surface area contributed by atoms with E-state index < -0.39 is 9.84 Å². The minimum atomic E-state index is -2.92. The van der Waals surface area contributed by atoms with Crippen LogP contribution in [0.4, 0.5) is 4.39 Å². The van der Waals surface area contributed by atoms with Gasteiger partial charge in [0.25, 0.3) is 0 Å². The first-order valence-electron chi connectivity index (χ1n) is 6.27. The molecule has 1 rings (SSSR count). The van der Waals surface area contributed by atoms with Crippen LogP contribution in [0.1, 0.15) is 12.0 Å². The van der Waals surface area contributed by atoms with E-state index in [0.29, 0.717) is 25.5 Å². The molecular weight excluding hydrogens is 408 g/mol. The van der Waals surface area contributed by atoms with E-state index in [0.717, 1.165) is 5.56 Å². The highest BCUT2D eigenvalue weighted by Gasteiger charge is 2.02. The van der Waals surface area contributed by atoms with Crippen LogP contribution in [0.5, 0.6) is 0 Å². The van der Waals surface area contributed by atoms with E-state index >= 15 is 0 Å². The minimum absolute atomic E-state index is 0. The molecule has 1 aromatic carbocycles. The normalized spacial score (nSPS) is 11.7. The van der Waals surface area contributed by atoms with Gasteiger partial charge in [-0.05, 0) is 24.1 Å². The molecule has 0 fully saturated rings. The summed E-state index contributed by atoms with van der Waals surface area (Å²) in [6, 6.07) is 6.19. The second-order valence-electron chi connectivity index (χ2n) is 4.46. The summed E-state index contributed by atoms with van der Waals surface area (Å²) in [6.07, 6.45) is 1.74. The molecule has 0 radical (unpaired) electrons. The lowest BCUT2D eigenvalue weighted by atomic mass is 10.2. The van der Waals surface area contributed by atoms with E-state index in [2.05, 4.69) is 15.6 Å². The van der Waals surface area contributed by atoms with Crippen LogP contribution in [-0.4, -0.2) is 40.0 Å². The highest BCUT2D eigenvalue weighted by molar-refractivity contribution is 14.0. The van der Waals surface area contributed by atoms with Crippen LogP contribution in [0, 0.1) is 5.82 Å². The maximum absolute atomic E-state index is 12.7. The number of halogens is 2. The lowest BCUT2D eigenvalue weighted by molar-refractivity contribution is 0.598. The van der Waals surface area contributed by atoms with Gasteiger partial charge in [0.2, 0.25) is 0 Å². The van der Waals surface area contributed by atoms with E-state index in [9.17, 15) is 12.8 Å². The standard InChI is InChI=1S/C13H20FN3O2S.HI/c1-15-13(16-8-3-9-20(2,18)19)17-10-11-4-6-12(14)7-5-11;/h4-7H,3,8-10H2,1-2H3,(H2,15,16,17);1H. The maximum atomic E-state index is 12.7. The molecule has 0 spiro atoms. The largest absolute Gasteiger partial charge is 0.356 e. The first-order valence-corrected chi connectivity index (χ1v) is 8.33. The Morgan fingerprint density at radius 3 is 2.38 bits per heavy atom. The van der Waals surface area contributed by atoms with Gasteiger partial charge in [-0.1, -0.05) is 12.1 Å². The number of rotatable bonds is 6. The monoisotopic (exact) mass is 429 g/mol. The Kier molecular flexibility index (Phi) is 9.51. The Bertz CT molecular complexity index is 547. The number of nitrogens with zero attached hydrogens (tertiary/aromatic N) is 1. The minimum Gasteiger partial charge on any atom is -0.356 e. The smallest absolute Gasteiger partial charge is 0.191 e. The molecule has 1 aromatic rings. The van der Waals surface area contributed by atoms with Crippen molar-refractivity contribution in [2.45, 2.75) is 13.0 Å². The lowest BCUT2D eigenvalue weighted by Gasteiger charge is -2.11. The molecule has 0 atom stereocenters. The average Bonchev–Trinajstić information content (AvgIpc) is 2.39. The number of hydrogen-bond donors (Lipinski definition) is 2. The molecule has 0 heterocycles. The molecule has 0 aliphatic heterocycles. The molecule has 0 amide bonds. The number of nitrogens with one attached hydrogen (secondary N) is 2. The van der Waals surface area contributed by atoms with Gasteiger partial charge in [-0.2, -0.15) is 0 Å². The van der Waals surface area contributed by atoms with Crippen molar-refractivity contribution in [2.24, 2.45) is 4.99 Å². The third-order valence-corrected chi connectivity index (χ3v) is 3.61. The molecule has 120 valence electrons. The van der Waals surface area contributed by atoms with Crippen LogP contribution in [-0.2, 0) is 16.4 Å². The third kappa shape index (κ3) is 9.62. The molecule has 0 unspecified atom stereocenters. The highest BCUT2D eigenvalue weighted by Crippen LogP contribution is 2.01. The summed E-state index contributed by atoms with van der Waals surface area (Å²) in [5.74, 6) is 0.467. The average molecular weight is 429 g/mol. The molecule has 21 heavy (non-hydrogen) atoms. The molecule has 0 saturated carbocycles. The predicted molar refractivity (Wildman–Crippen MR) is 94.3 cm³/mol. The quantitative estimate of drug-likeness (QED) is 0.312. The Morgan fingerprint density at radius 1 is 1.24 bits per heavy atom. The fourth-order valence-corrected chi connectivity index (χ4v) is 2.22. The molecule has 0 saturated heterocycles. The molecule has 8 heteroatoms. The van der Waals surface area contributed by atoms with Gasteiger partial charge in [-0.15, -0.1) is 24.0 Å². The van der Waals surface area contributed by atoms with Gasteiger partial charge in [0.1, 0.15) is 15.7 Å². The molecule has 2 N–H and O–H groups in total. The van der Waals surface area contributed by atoms with E-state index in [4.69, 9.17) is 0 Å². The van der Waals surface area contributed by atoms with Gasteiger partial charge in [0, 0.05) is 26.4 Å². The van der Waals surface area contributed by atoms with Crippen molar-refractivity contribution in [2.75, 3.05) is 25.6 Å². The first kappa shape index (κ1) is 20.1. The fraction of sp³-hybridized carbons (Fsp3) is 0.462. The van der Waals surface area contributed by atoms with E-state index in [1.165, 1.54) is 18.4 Å². The second kappa shape index (κ2) is 9.93. The summed E-state index contributed by atoms with van der Waals surface area (Å²) in [4.78, 5) is 4.03. The highest BCUT2D eigenvalue weighted by atomic mass is 127. The summed E-state index contributed by atoms with van der Waals surface area (Å²) >= 11 is 0. The van der Waals surface area contributed by atoms with Crippen LogP contribution in [0.25, 0.3) is 0 Å². The van der Waals surface area contributed by atoms with Crippen molar-refractivity contribution >= 4 is 39.8 Å².